The Morgan fingerprint density at radius 1 is 1.03 bits per heavy atom. The number of hydrogen-bond acceptors (Lipinski definition) is 6. The molecule has 2 heterocycles. The van der Waals surface area contributed by atoms with Gasteiger partial charge >= 0.3 is 5.97 Å². The van der Waals surface area contributed by atoms with E-state index in [1.165, 1.54) is 0 Å². The maximum atomic E-state index is 12.9. The molecule has 0 radical (unpaired) electrons. The second-order valence-electron chi connectivity index (χ2n) is 7.41. The predicted octanol–water partition coefficient (Wildman–Crippen LogP) is 2.18. The van der Waals surface area contributed by atoms with Crippen LogP contribution in [0.3, 0.4) is 0 Å². The Morgan fingerprint density at radius 2 is 1.67 bits per heavy atom. The fourth-order valence-electron chi connectivity index (χ4n) is 3.29. The second-order valence-corrected chi connectivity index (χ2v) is 9.35. The van der Waals surface area contributed by atoms with E-state index in [2.05, 4.69) is 10.3 Å². The molecule has 1 unspecified atom stereocenters. The molecule has 0 aliphatic carbocycles. The summed E-state index contributed by atoms with van der Waals surface area (Å²) in [7, 11) is -3.79. The van der Waals surface area contributed by atoms with Crippen LogP contribution >= 0.6 is 0 Å². The SMILES string of the molecule is Cc1ccc(-c2cn(CC3CN(S(=O)(=O)c4ccc(C)cc4)CC(=O)O3)nn2)cc1. The number of cyclic esters (lactones) is 1. The maximum Gasteiger partial charge on any atom is 0.321 e. The highest BCUT2D eigenvalue weighted by Crippen LogP contribution is 2.21. The Kier molecular flexibility index (Phi) is 5.40. The van der Waals surface area contributed by atoms with Crippen molar-refractivity contribution in [3.8, 4) is 11.3 Å². The first-order valence-corrected chi connectivity index (χ1v) is 11.0. The Balaban J connectivity index is 1.49. The highest BCUT2D eigenvalue weighted by atomic mass is 32.2. The minimum Gasteiger partial charge on any atom is -0.458 e. The van der Waals surface area contributed by atoms with Crippen LogP contribution in [-0.2, 0) is 26.1 Å². The lowest BCUT2D eigenvalue weighted by Gasteiger charge is -2.31. The third-order valence-electron chi connectivity index (χ3n) is 4.95. The van der Waals surface area contributed by atoms with Crippen molar-refractivity contribution in [2.75, 3.05) is 13.1 Å². The Labute approximate surface area is 175 Å². The summed E-state index contributed by atoms with van der Waals surface area (Å²) in [6.07, 6.45) is 1.10. The van der Waals surface area contributed by atoms with Crippen LogP contribution < -0.4 is 0 Å². The number of morpholine rings is 1. The Hall–Kier alpha value is -3.04. The molecule has 156 valence electrons. The van der Waals surface area contributed by atoms with Gasteiger partial charge in [-0.25, -0.2) is 13.1 Å². The van der Waals surface area contributed by atoms with Crippen molar-refractivity contribution in [3.63, 3.8) is 0 Å². The fraction of sp³-hybridized carbons (Fsp3) is 0.286. The molecule has 1 saturated heterocycles. The molecule has 9 heteroatoms. The van der Waals surface area contributed by atoms with E-state index in [-0.39, 0.29) is 24.5 Å². The lowest BCUT2D eigenvalue weighted by atomic mass is 10.1. The smallest absolute Gasteiger partial charge is 0.321 e. The number of nitrogens with zero attached hydrogens (tertiary/aromatic N) is 4. The molecular weight excluding hydrogens is 404 g/mol. The van der Waals surface area contributed by atoms with Gasteiger partial charge in [0.1, 0.15) is 18.3 Å². The largest absolute Gasteiger partial charge is 0.458 e. The molecule has 1 atom stereocenters. The van der Waals surface area contributed by atoms with Crippen molar-refractivity contribution >= 4 is 16.0 Å². The van der Waals surface area contributed by atoms with Gasteiger partial charge in [0.2, 0.25) is 10.0 Å². The van der Waals surface area contributed by atoms with E-state index in [1.807, 2.05) is 38.1 Å². The minimum absolute atomic E-state index is 0.0572. The topological polar surface area (TPSA) is 94.4 Å². The third kappa shape index (κ3) is 4.27. The zero-order valence-corrected chi connectivity index (χ0v) is 17.5. The van der Waals surface area contributed by atoms with Crippen molar-refractivity contribution in [1.29, 1.82) is 0 Å². The second kappa shape index (κ2) is 8.00. The maximum absolute atomic E-state index is 12.9. The summed E-state index contributed by atoms with van der Waals surface area (Å²) in [4.78, 5) is 12.2. The molecule has 1 aromatic heterocycles. The predicted molar refractivity (Wildman–Crippen MR) is 110 cm³/mol. The van der Waals surface area contributed by atoms with Gasteiger partial charge in [0.25, 0.3) is 0 Å². The molecule has 0 N–H and O–H groups in total. The van der Waals surface area contributed by atoms with Crippen molar-refractivity contribution < 1.29 is 17.9 Å². The summed E-state index contributed by atoms with van der Waals surface area (Å²) in [5.41, 5.74) is 3.73. The number of carbonyl (C=O) groups is 1. The van der Waals surface area contributed by atoms with Crippen LogP contribution in [0.1, 0.15) is 11.1 Å². The number of esters is 1. The zero-order valence-electron chi connectivity index (χ0n) is 16.7. The van der Waals surface area contributed by atoms with Gasteiger partial charge < -0.3 is 4.74 Å². The van der Waals surface area contributed by atoms with E-state index < -0.39 is 22.1 Å². The fourth-order valence-corrected chi connectivity index (χ4v) is 4.70. The van der Waals surface area contributed by atoms with E-state index in [9.17, 15) is 13.2 Å². The number of ether oxygens (including phenoxy) is 1. The van der Waals surface area contributed by atoms with Gasteiger partial charge in [-0.3, -0.25) is 4.79 Å². The van der Waals surface area contributed by atoms with Crippen LogP contribution in [0.25, 0.3) is 11.3 Å². The molecule has 30 heavy (non-hydrogen) atoms. The average molecular weight is 426 g/mol. The van der Waals surface area contributed by atoms with Crippen molar-refractivity contribution in [1.82, 2.24) is 19.3 Å². The van der Waals surface area contributed by atoms with Crippen LogP contribution in [0.4, 0.5) is 0 Å². The molecular formula is C21H22N4O4S. The monoisotopic (exact) mass is 426 g/mol. The first-order chi connectivity index (χ1) is 14.3. The summed E-state index contributed by atoms with van der Waals surface area (Å²) < 4.78 is 34.0. The van der Waals surface area contributed by atoms with Gasteiger partial charge in [-0.1, -0.05) is 52.7 Å². The van der Waals surface area contributed by atoms with Crippen molar-refractivity contribution in [2.45, 2.75) is 31.4 Å². The summed E-state index contributed by atoms with van der Waals surface area (Å²) in [6.45, 7) is 3.85. The summed E-state index contributed by atoms with van der Waals surface area (Å²) in [5.74, 6) is -0.583. The molecule has 0 amide bonds. The lowest BCUT2D eigenvalue weighted by molar-refractivity contribution is -0.156. The summed E-state index contributed by atoms with van der Waals surface area (Å²) in [6, 6.07) is 14.5. The molecule has 1 aliphatic heterocycles. The first kappa shape index (κ1) is 20.2. The van der Waals surface area contributed by atoms with E-state index >= 15 is 0 Å². The molecule has 0 bridgehead atoms. The number of rotatable bonds is 5. The number of benzene rings is 2. The molecule has 8 nitrogen and oxygen atoms in total. The standard InChI is InChI=1S/C21H22N4O4S/c1-15-3-7-17(8-4-15)20-13-24(23-22-20)11-18-12-25(14-21(26)29-18)30(27,28)19-9-5-16(2)6-10-19/h3-10,13,18H,11-12,14H2,1-2H3. The van der Waals surface area contributed by atoms with Crippen LogP contribution in [0.5, 0.6) is 0 Å². The molecule has 0 spiro atoms. The van der Waals surface area contributed by atoms with Gasteiger partial charge in [0.15, 0.2) is 0 Å². The van der Waals surface area contributed by atoms with Gasteiger partial charge in [0, 0.05) is 5.56 Å². The van der Waals surface area contributed by atoms with E-state index in [0.717, 1.165) is 21.0 Å². The van der Waals surface area contributed by atoms with Gasteiger partial charge in [-0.15, -0.1) is 5.10 Å². The summed E-state index contributed by atoms with van der Waals surface area (Å²) >= 11 is 0. The molecule has 0 saturated carbocycles. The first-order valence-electron chi connectivity index (χ1n) is 9.55. The van der Waals surface area contributed by atoms with Crippen LogP contribution in [0, 0.1) is 13.8 Å². The number of aryl methyl sites for hydroxylation is 2. The Bertz CT molecular complexity index is 1150. The summed E-state index contributed by atoms with van der Waals surface area (Å²) in [5, 5.41) is 8.26. The Morgan fingerprint density at radius 3 is 2.33 bits per heavy atom. The quantitative estimate of drug-likeness (QED) is 0.581. The van der Waals surface area contributed by atoms with Crippen molar-refractivity contribution in [3.05, 3.63) is 65.9 Å². The minimum atomic E-state index is -3.79. The number of hydrogen-bond donors (Lipinski definition) is 0. The zero-order chi connectivity index (χ0) is 21.3. The number of aromatic nitrogens is 3. The van der Waals surface area contributed by atoms with Gasteiger partial charge in [0.05, 0.1) is 24.2 Å². The highest BCUT2D eigenvalue weighted by molar-refractivity contribution is 7.89. The van der Waals surface area contributed by atoms with Gasteiger partial charge in [-0.05, 0) is 26.0 Å². The van der Waals surface area contributed by atoms with Crippen molar-refractivity contribution in [2.24, 2.45) is 0 Å². The average Bonchev–Trinajstić information content (AvgIpc) is 3.17. The lowest BCUT2D eigenvalue weighted by Crippen LogP contribution is -2.49. The number of carbonyl (C=O) groups excluding carboxylic acids is 1. The number of sulfonamides is 1. The molecule has 4 rings (SSSR count). The molecule has 1 fully saturated rings. The highest BCUT2D eigenvalue weighted by Gasteiger charge is 2.35. The molecule has 2 aromatic carbocycles. The van der Waals surface area contributed by atoms with E-state index in [0.29, 0.717) is 5.69 Å². The van der Waals surface area contributed by atoms with Crippen LogP contribution in [0.15, 0.2) is 59.6 Å². The normalized spacial score (nSPS) is 17.7. The van der Waals surface area contributed by atoms with Crippen LogP contribution in [0.2, 0.25) is 0 Å². The van der Waals surface area contributed by atoms with E-state index in [4.69, 9.17) is 4.74 Å². The molecule has 3 aromatic rings. The third-order valence-corrected chi connectivity index (χ3v) is 6.77. The van der Waals surface area contributed by atoms with Crippen LogP contribution in [-0.4, -0.2) is 52.9 Å². The molecule has 1 aliphatic rings. The van der Waals surface area contributed by atoms with Gasteiger partial charge in [-0.2, -0.15) is 4.31 Å². The van der Waals surface area contributed by atoms with E-state index in [1.54, 1.807) is 35.1 Å².